The first kappa shape index (κ1) is 11.6. The molecule has 1 aliphatic heterocycles. The molecular weight excluding hydrogens is 223 g/mol. The van der Waals surface area contributed by atoms with E-state index in [1.807, 2.05) is 11.0 Å². The Morgan fingerprint density at radius 2 is 2.24 bits per heavy atom. The van der Waals surface area contributed by atoms with Crippen molar-refractivity contribution in [3.8, 4) is 6.07 Å². The van der Waals surface area contributed by atoms with Crippen molar-refractivity contribution in [3.63, 3.8) is 0 Å². The van der Waals surface area contributed by atoms with Crippen LogP contribution in [0.15, 0.2) is 18.2 Å². The molecule has 0 spiro atoms. The molecule has 0 saturated carbocycles. The van der Waals surface area contributed by atoms with Gasteiger partial charge in [0.05, 0.1) is 17.6 Å². The minimum atomic E-state index is -0.793. The van der Waals surface area contributed by atoms with Crippen molar-refractivity contribution >= 4 is 5.97 Å². The molecule has 88 valence electrons. The van der Waals surface area contributed by atoms with E-state index in [4.69, 9.17) is 10.4 Å². The second-order valence-electron chi connectivity index (χ2n) is 4.19. The number of carboxylic acid groups (broad SMARTS) is 1. The molecule has 0 unspecified atom stereocenters. The van der Waals surface area contributed by atoms with Gasteiger partial charge in [-0.3, -0.25) is 9.69 Å². The van der Waals surface area contributed by atoms with Crippen LogP contribution >= 0.6 is 0 Å². The maximum atomic E-state index is 13.1. The van der Waals surface area contributed by atoms with E-state index in [1.54, 1.807) is 6.07 Å². The monoisotopic (exact) mass is 234 g/mol. The Kier molecular flexibility index (Phi) is 3.07. The van der Waals surface area contributed by atoms with Gasteiger partial charge in [-0.05, 0) is 23.8 Å². The van der Waals surface area contributed by atoms with Gasteiger partial charge < -0.3 is 5.11 Å². The van der Waals surface area contributed by atoms with Gasteiger partial charge in [-0.2, -0.15) is 5.26 Å². The predicted molar refractivity (Wildman–Crippen MR) is 57.5 cm³/mol. The zero-order valence-electron chi connectivity index (χ0n) is 9.06. The van der Waals surface area contributed by atoms with Crippen molar-refractivity contribution < 1.29 is 14.3 Å². The fourth-order valence-electron chi connectivity index (χ4n) is 1.92. The van der Waals surface area contributed by atoms with Crippen LogP contribution in [-0.4, -0.2) is 29.1 Å². The molecule has 1 aliphatic rings. The summed E-state index contributed by atoms with van der Waals surface area (Å²) in [4.78, 5) is 12.5. The Morgan fingerprint density at radius 3 is 2.82 bits per heavy atom. The molecule has 1 heterocycles. The first-order chi connectivity index (χ1) is 8.08. The second-order valence-corrected chi connectivity index (χ2v) is 4.19. The van der Waals surface area contributed by atoms with Gasteiger partial charge in [-0.1, -0.05) is 0 Å². The van der Waals surface area contributed by atoms with Gasteiger partial charge in [0.25, 0.3) is 0 Å². The summed E-state index contributed by atoms with van der Waals surface area (Å²) in [7, 11) is 0. The molecule has 5 heteroatoms. The number of hydrogen-bond acceptors (Lipinski definition) is 3. The number of hydrogen-bond donors (Lipinski definition) is 1. The fourth-order valence-corrected chi connectivity index (χ4v) is 1.92. The molecule has 2 rings (SSSR count). The Bertz CT molecular complexity index is 490. The number of rotatable bonds is 3. The molecule has 0 amide bonds. The van der Waals surface area contributed by atoms with Crippen LogP contribution in [0.3, 0.4) is 0 Å². The molecule has 0 aliphatic carbocycles. The zero-order valence-corrected chi connectivity index (χ0v) is 9.06. The van der Waals surface area contributed by atoms with Crippen molar-refractivity contribution in [2.75, 3.05) is 13.1 Å². The van der Waals surface area contributed by atoms with Gasteiger partial charge in [0.2, 0.25) is 0 Å². The third-order valence-corrected chi connectivity index (χ3v) is 2.80. The average Bonchev–Trinajstić information content (AvgIpc) is 2.21. The molecule has 1 aromatic carbocycles. The maximum Gasteiger partial charge on any atom is 0.309 e. The van der Waals surface area contributed by atoms with Crippen molar-refractivity contribution in [2.24, 2.45) is 5.92 Å². The predicted octanol–water partition coefficient (Wildman–Crippen LogP) is 1.21. The molecule has 0 atom stereocenters. The zero-order chi connectivity index (χ0) is 12.4. The molecule has 0 radical (unpaired) electrons. The normalized spacial score (nSPS) is 16.2. The van der Waals surface area contributed by atoms with Gasteiger partial charge >= 0.3 is 5.97 Å². The lowest BCUT2D eigenvalue weighted by molar-refractivity contribution is -0.147. The van der Waals surface area contributed by atoms with Gasteiger partial charge in [0, 0.05) is 19.6 Å². The van der Waals surface area contributed by atoms with Crippen LogP contribution in [-0.2, 0) is 11.3 Å². The molecule has 0 aromatic heterocycles. The SMILES string of the molecule is N#Cc1cc(F)cc(CN2CC(C(=O)O)C2)c1. The van der Waals surface area contributed by atoms with Gasteiger partial charge in [-0.25, -0.2) is 4.39 Å². The lowest BCUT2D eigenvalue weighted by Gasteiger charge is -2.36. The first-order valence-corrected chi connectivity index (χ1v) is 5.23. The highest BCUT2D eigenvalue weighted by Crippen LogP contribution is 2.19. The Hall–Kier alpha value is -1.93. The number of carbonyl (C=O) groups is 1. The minimum absolute atomic E-state index is 0.287. The molecule has 1 N–H and O–H groups in total. The standard InChI is InChI=1S/C12H11FN2O2/c13-11-2-8(4-14)1-9(3-11)5-15-6-10(7-15)12(16)17/h1-3,10H,5-7H2,(H,16,17). The third kappa shape index (κ3) is 2.60. The minimum Gasteiger partial charge on any atom is -0.481 e. The van der Waals surface area contributed by atoms with Crippen LogP contribution in [0.4, 0.5) is 4.39 Å². The summed E-state index contributed by atoms with van der Waals surface area (Å²) < 4.78 is 13.1. The Balaban J connectivity index is 1.99. The summed E-state index contributed by atoms with van der Waals surface area (Å²) in [6, 6.07) is 6.06. The smallest absolute Gasteiger partial charge is 0.309 e. The van der Waals surface area contributed by atoms with E-state index in [2.05, 4.69) is 0 Å². The summed E-state index contributed by atoms with van der Waals surface area (Å²) in [5.41, 5.74) is 0.987. The lowest BCUT2D eigenvalue weighted by atomic mass is 9.99. The van der Waals surface area contributed by atoms with Crippen LogP contribution < -0.4 is 0 Å². The van der Waals surface area contributed by atoms with E-state index < -0.39 is 11.8 Å². The number of likely N-dealkylation sites (tertiary alicyclic amines) is 1. The van der Waals surface area contributed by atoms with E-state index in [9.17, 15) is 9.18 Å². The summed E-state index contributed by atoms with van der Waals surface area (Å²) in [5.74, 6) is -1.55. The first-order valence-electron chi connectivity index (χ1n) is 5.23. The molecule has 0 bridgehead atoms. The highest BCUT2D eigenvalue weighted by Gasteiger charge is 2.32. The van der Waals surface area contributed by atoms with Gasteiger partial charge in [0.15, 0.2) is 0 Å². The lowest BCUT2D eigenvalue weighted by Crippen LogP contribution is -2.49. The number of halogens is 1. The van der Waals surface area contributed by atoms with E-state index in [0.29, 0.717) is 25.2 Å². The topological polar surface area (TPSA) is 64.3 Å². The highest BCUT2D eigenvalue weighted by atomic mass is 19.1. The number of nitrogens with zero attached hydrogens (tertiary/aromatic N) is 2. The molecule has 17 heavy (non-hydrogen) atoms. The molecule has 1 aromatic rings. The summed E-state index contributed by atoms with van der Waals surface area (Å²) >= 11 is 0. The van der Waals surface area contributed by atoms with E-state index in [-0.39, 0.29) is 11.5 Å². The summed E-state index contributed by atoms with van der Waals surface area (Å²) in [6.07, 6.45) is 0. The number of carboxylic acids is 1. The van der Waals surface area contributed by atoms with Gasteiger partial charge in [0.1, 0.15) is 5.82 Å². The third-order valence-electron chi connectivity index (χ3n) is 2.80. The second kappa shape index (κ2) is 4.52. The Morgan fingerprint density at radius 1 is 1.53 bits per heavy atom. The highest BCUT2D eigenvalue weighted by molar-refractivity contribution is 5.71. The largest absolute Gasteiger partial charge is 0.481 e. The molecule has 1 fully saturated rings. The van der Waals surface area contributed by atoms with Crippen LogP contribution in [0.1, 0.15) is 11.1 Å². The maximum absolute atomic E-state index is 13.1. The number of nitriles is 1. The fraction of sp³-hybridized carbons (Fsp3) is 0.333. The van der Waals surface area contributed by atoms with Crippen molar-refractivity contribution in [1.29, 1.82) is 5.26 Å². The quantitative estimate of drug-likeness (QED) is 0.853. The van der Waals surface area contributed by atoms with E-state index >= 15 is 0 Å². The average molecular weight is 234 g/mol. The van der Waals surface area contributed by atoms with E-state index in [1.165, 1.54) is 12.1 Å². The van der Waals surface area contributed by atoms with Crippen molar-refractivity contribution in [3.05, 3.63) is 35.1 Å². The van der Waals surface area contributed by atoms with Crippen LogP contribution in [0.5, 0.6) is 0 Å². The van der Waals surface area contributed by atoms with Crippen molar-refractivity contribution in [2.45, 2.75) is 6.54 Å². The van der Waals surface area contributed by atoms with Crippen LogP contribution in [0, 0.1) is 23.1 Å². The van der Waals surface area contributed by atoms with E-state index in [0.717, 1.165) is 0 Å². The number of aliphatic carboxylic acids is 1. The van der Waals surface area contributed by atoms with Gasteiger partial charge in [-0.15, -0.1) is 0 Å². The Labute approximate surface area is 97.9 Å². The van der Waals surface area contributed by atoms with Crippen LogP contribution in [0.2, 0.25) is 0 Å². The number of benzene rings is 1. The van der Waals surface area contributed by atoms with Crippen LogP contribution in [0.25, 0.3) is 0 Å². The van der Waals surface area contributed by atoms with Crippen molar-refractivity contribution in [1.82, 2.24) is 4.90 Å². The molecular formula is C12H11FN2O2. The summed E-state index contributed by atoms with van der Waals surface area (Å²) in [5, 5.41) is 17.4. The summed E-state index contributed by atoms with van der Waals surface area (Å²) in [6.45, 7) is 1.44. The molecule has 4 nitrogen and oxygen atoms in total. The molecule has 1 saturated heterocycles.